The van der Waals surface area contributed by atoms with Crippen LogP contribution in [0, 0.1) is 0 Å². The number of anilines is 2. The van der Waals surface area contributed by atoms with Gasteiger partial charge in [0, 0.05) is 24.0 Å². The van der Waals surface area contributed by atoms with Gasteiger partial charge in [0.1, 0.15) is 0 Å². The first-order valence-corrected chi connectivity index (χ1v) is 6.43. The maximum absolute atomic E-state index is 5.73. The number of para-hydroxylation sites is 1. The molecular weight excluding hydrogens is 220 g/mol. The Balaban J connectivity index is 1.87. The summed E-state index contributed by atoms with van der Waals surface area (Å²) in [6, 6.07) is 17.4. The lowest BCUT2D eigenvalue weighted by atomic mass is 10.1. The molecular formula is C16H18N2. The van der Waals surface area contributed by atoms with Gasteiger partial charge >= 0.3 is 0 Å². The summed E-state index contributed by atoms with van der Waals surface area (Å²) in [5.74, 6) is 0. The molecule has 0 aromatic heterocycles. The van der Waals surface area contributed by atoms with Gasteiger partial charge in [0.05, 0.1) is 0 Å². The largest absolute Gasteiger partial charge is 0.399 e. The standard InChI is InChI=1S/C16H18N2/c1-12-10-14-4-2-3-5-16(14)18(12)11-13-6-8-15(17)9-7-13/h2-9,12H,10-11,17H2,1H3/t12-/m1/s1. The number of hydrogen-bond donors (Lipinski definition) is 1. The normalized spacial score (nSPS) is 17.8. The van der Waals surface area contributed by atoms with E-state index in [0.717, 1.165) is 18.7 Å². The van der Waals surface area contributed by atoms with Crippen LogP contribution < -0.4 is 10.6 Å². The van der Waals surface area contributed by atoms with Crippen molar-refractivity contribution in [2.45, 2.75) is 25.9 Å². The van der Waals surface area contributed by atoms with E-state index in [1.807, 2.05) is 12.1 Å². The maximum atomic E-state index is 5.73. The van der Waals surface area contributed by atoms with Crippen LogP contribution in [0.2, 0.25) is 0 Å². The van der Waals surface area contributed by atoms with Gasteiger partial charge in [0.2, 0.25) is 0 Å². The molecule has 0 aliphatic carbocycles. The van der Waals surface area contributed by atoms with Crippen LogP contribution in [0.1, 0.15) is 18.1 Å². The number of fused-ring (bicyclic) bond motifs is 1. The lowest BCUT2D eigenvalue weighted by Gasteiger charge is -2.25. The topological polar surface area (TPSA) is 29.3 Å². The van der Waals surface area contributed by atoms with Gasteiger partial charge in [-0.3, -0.25) is 0 Å². The number of nitrogen functional groups attached to an aromatic ring is 1. The van der Waals surface area contributed by atoms with Gasteiger partial charge in [-0.25, -0.2) is 0 Å². The van der Waals surface area contributed by atoms with Crippen molar-refractivity contribution >= 4 is 11.4 Å². The number of benzene rings is 2. The summed E-state index contributed by atoms with van der Waals surface area (Å²) in [5.41, 5.74) is 10.7. The summed E-state index contributed by atoms with van der Waals surface area (Å²) in [5, 5.41) is 0. The van der Waals surface area contributed by atoms with E-state index in [4.69, 9.17) is 5.73 Å². The van der Waals surface area contributed by atoms with E-state index in [-0.39, 0.29) is 0 Å². The first-order valence-electron chi connectivity index (χ1n) is 6.43. The van der Waals surface area contributed by atoms with Crippen molar-refractivity contribution in [2.75, 3.05) is 10.6 Å². The Morgan fingerprint density at radius 3 is 2.61 bits per heavy atom. The summed E-state index contributed by atoms with van der Waals surface area (Å²) in [6.07, 6.45) is 1.14. The summed E-state index contributed by atoms with van der Waals surface area (Å²) in [4.78, 5) is 2.47. The molecule has 1 heterocycles. The molecule has 92 valence electrons. The minimum atomic E-state index is 0.569. The highest BCUT2D eigenvalue weighted by Crippen LogP contribution is 2.32. The zero-order valence-corrected chi connectivity index (χ0v) is 10.6. The van der Waals surface area contributed by atoms with Crippen LogP contribution in [0.5, 0.6) is 0 Å². The van der Waals surface area contributed by atoms with Gasteiger partial charge in [0.15, 0.2) is 0 Å². The molecule has 0 radical (unpaired) electrons. The summed E-state index contributed by atoms with van der Waals surface area (Å²) < 4.78 is 0. The molecule has 18 heavy (non-hydrogen) atoms. The SMILES string of the molecule is C[C@@H]1Cc2ccccc2N1Cc1ccc(N)cc1. The molecule has 0 spiro atoms. The van der Waals surface area contributed by atoms with Crippen molar-refractivity contribution in [3.8, 4) is 0 Å². The zero-order chi connectivity index (χ0) is 12.5. The van der Waals surface area contributed by atoms with E-state index in [2.05, 4.69) is 48.2 Å². The van der Waals surface area contributed by atoms with Crippen LogP contribution in [0.25, 0.3) is 0 Å². The van der Waals surface area contributed by atoms with E-state index >= 15 is 0 Å². The Bertz CT molecular complexity index is 545. The average Bonchev–Trinajstić information content (AvgIpc) is 2.69. The summed E-state index contributed by atoms with van der Waals surface area (Å²) in [7, 11) is 0. The third kappa shape index (κ3) is 1.94. The third-order valence-electron chi connectivity index (χ3n) is 3.68. The molecule has 0 saturated heterocycles. The van der Waals surface area contributed by atoms with E-state index in [0.29, 0.717) is 6.04 Å². The van der Waals surface area contributed by atoms with Crippen molar-refractivity contribution in [1.82, 2.24) is 0 Å². The van der Waals surface area contributed by atoms with Crippen LogP contribution in [0.3, 0.4) is 0 Å². The summed E-state index contributed by atoms with van der Waals surface area (Å²) >= 11 is 0. The lowest BCUT2D eigenvalue weighted by Crippen LogP contribution is -2.28. The second kappa shape index (κ2) is 4.37. The van der Waals surface area contributed by atoms with Crippen LogP contribution in [0.4, 0.5) is 11.4 Å². The van der Waals surface area contributed by atoms with Gasteiger partial charge in [-0.2, -0.15) is 0 Å². The highest BCUT2D eigenvalue weighted by atomic mass is 15.2. The zero-order valence-electron chi connectivity index (χ0n) is 10.6. The predicted octanol–water partition coefficient (Wildman–Crippen LogP) is 3.22. The van der Waals surface area contributed by atoms with Crippen LogP contribution in [0.15, 0.2) is 48.5 Å². The Morgan fingerprint density at radius 1 is 1.11 bits per heavy atom. The van der Waals surface area contributed by atoms with Crippen molar-refractivity contribution < 1.29 is 0 Å². The minimum absolute atomic E-state index is 0.569. The highest BCUT2D eigenvalue weighted by molar-refractivity contribution is 5.59. The molecule has 1 aliphatic heterocycles. The highest BCUT2D eigenvalue weighted by Gasteiger charge is 2.25. The van der Waals surface area contributed by atoms with Gasteiger partial charge in [-0.15, -0.1) is 0 Å². The number of hydrogen-bond acceptors (Lipinski definition) is 2. The quantitative estimate of drug-likeness (QED) is 0.814. The van der Waals surface area contributed by atoms with Gasteiger partial charge in [-0.05, 0) is 42.7 Å². The van der Waals surface area contributed by atoms with Gasteiger partial charge in [0.25, 0.3) is 0 Å². The molecule has 2 nitrogen and oxygen atoms in total. The second-order valence-electron chi connectivity index (χ2n) is 5.05. The number of rotatable bonds is 2. The average molecular weight is 238 g/mol. The second-order valence-corrected chi connectivity index (χ2v) is 5.05. The molecule has 0 bridgehead atoms. The Labute approximate surface area is 108 Å². The lowest BCUT2D eigenvalue weighted by molar-refractivity contribution is 0.672. The molecule has 0 amide bonds. The molecule has 2 N–H and O–H groups in total. The van der Waals surface area contributed by atoms with Gasteiger partial charge in [-0.1, -0.05) is 30.3 Å². The molecule has 0 fully saturated rings. The molecule has 2 heteroatoms. The van der Waals surface area contributed by atoms with Crippen molar-refractivity contribution in [3.63, 3.8) is 0 Å². The van der Waals surface area contributed by atoms with Gasteiger partial charge < -0.3 is 10.6 Å². The smallest absolute Gasteiger partial charge is 0.0432 e. The van der Waals surface area contributed by atoms with Crippen molar-refractivity contribution in [1.29, 1.82) is 0 Å². The number of nitrogens with two attached hydrogens (primary N) is 1. The fourth-order valence-corrected chi connectivity index (χ4v) is 2.69. The minimum Gasteiger partial charge on any atom is -0.399 e. The van der Waals surface area contributed by atoms with Crippen LogP contribution >= 0.6 is 0 Å². The fraction of sp³-hybridized carbons (Fsp3) is 0.250. The van der Waals surface area contributed by atoms with Crippen LogP contribution in [-0.4, -0.2) is 6.04 Å². The fourth-order valence-electron chi connectivity index (χ4n) is 2.69. The maximum Gasteiger partial charge on any atom is 0.0432 e. The monoisotopic (exact) mass is 238 g/mol. The van der Waals surface area contributed by atoms with Crippen LogP contribution in [-0.2, 0) is 13.0 Å². The van der Waals surface area contributed by atoms with Crippen molar-refractivity contribution in [3.05, 3.63) is 59.7 Å². The molecule has 2 aromatic carbocycles. The third-order valence-corrected chi connectivity index (χ3v) is 3.68. The predicted molar refractivity (Wildman–Crippen MR) is 76.6 cm³/mol. The first kappa shape index (κ1) is 11.1. The molecule has 0 saturated carbocycles. The molecule has 1 aliphatic rings. The van der Waals surface area contributed by atoms with E-state index in [9.17, 15) is 0 Å². The summed E-state index contributed by atoms with van der Waals surface area (Å²) in [6.45, 7) is 3.25. The molecule has 1 atom stereocenters. The molecule has 0 unspecified atom stereocenters. The Hall–Kier alpha value is -1.96. The Kier molecular flexibility index (Phi) is 2.71. The number of nitrogens with zero attached hydrogens (tertiary/aromatic N) is 1. The van der Waals surface area contributed by atoms with E-state index < -0.39 is 0 Å². The van der Waals surface area contributed by atoms with E-state index in [1.165, 1.54) is 16.8 Å². The molecule has 2 aromatic rings. The van der Waals surface area contributed by atoms with Crippen molar-refractivity contribution in [2.24, 2.45) is 0 Å². The molecule has 3 rings (SSSR count). The van der Waals surface area contributed by atoms with E-state index in [1.54, 1.807) is 0 Å². The first-order chi connectivity index (χ1) is 8.74. The Morgan fingerprint density at radius 2 is 1.83 bits per heavy atom.